The summed E-state index contributed by atoms with van der Waals surface area (Å²) in [6.07, 6.45) is 2.08. The van der Waals surface area contributed by atoms with Gasteiger partial charge in [-0.2, -0.15) is 0 Å². The number of para-hydroxylation sites is 1. The number of anilines is 1. The normalized spacial score (nSPS) is 13.7. The van der Waals surface area contributed by atoms with E-state index in [1.807, 2.05) is 0 Å². The van der Waals surface area contributed by atoms with Crippen LogP contribution in [0.3, 0.4) is 0 Å². The van der Waals surface area contributed by atoms with Crippen molar-refractivity contribution in [3.05, 3.63) is 54.1 Å². The van der Waals surface area contributed by atoms with Crippen LogP contribution in [0, 0.1) is 5.92 Å². The number of sulfonamides is 1. The van der Waals surface area contributed by atoms with Crippen molar-refractivity contribution in [3.63, 3.8) is 0 Å². The minimum Gasteiger partial charge on any atom is -0.339 e. The molecular weight excluding hydrogens is 410 g/mol. The summed E-state index contributed by atoms with van der Waals surface area (Å²) in [6, 6.07) is 12.9. The Balaban J connectivity index is 1.75. The van der Waals surface area contributed by atoms with E-state index in [-0.39, 0.29) is 15.7 Å². The van der Waals surface area contributed by atoms with Gasteiger partial charge in [0.15, 0.2) is 0 Å². The van der Waals surface area contributed by atoms with Crippen molar-refractivity contribution in [2.45, 2.75) is 22.6 Å². The summed E-state index contributed by atoms with van der Waals surface area (Å²) in [5, 5.41) is 2.60. The highest BCUT2D eigenvalue weighted by Gasteiger charge is 2.24. The van der Waals surface area contributed by atoms with Crippen LogP contribution in [0.1, 0.15) is 23.2 Å². The number of benzene rings is 2. The average molecular weight is 434 g/mol. The molecule has 2 aromatic rings. The van der Waals surface area contributed by atoms with Crippen LogP contribution in [-0.2, 0) is 10.0 Å². The molecule has 29 heavy (non-hydrogen) atoms. The van der Waals surface area contributed by atoms with Gasteiger partial charge in [-0.05, 0) is 60.9 Å². The zero-order chi connectivity index (χ0) is 21.0. The Morgan fingerprint density at radius 1 is 1.10 bits per heavy atom. The van der Waals surface area contributed by atoms with Crippen LogP contribution in [0.15, 0.2) is 58.3 Å². The van der Waals surface area contributed by atoms with Crippen LogP contribution < -0.4 is 10.0 Å². The van der Waals surface area contributed by atoms with Crippen molar-refractivity contribution >= 4 is 38.6 Å². The number of carbonyl (C=O) groups is 2. The first-order valence-corrected chi connectivity index (χ1v) is 11.5. The lowest BCUT2D eigenvalue weighted by molar-refractivity contribution is 0.102. The van der Waals surface area contributed by atoms with Gasteiger partial charge in [-0.25, -0.2) is 13.1 Å². The third-order valence-corrected chi connectivity index (χ3v) is 6.90. The van der Waals surface area contributed by atoms with E-state index in [1.165, 1.54) is 23.1 Å². The summed E-state index contributed by atoms with van der Waals surface area (Å²) < 4.78 is 27.5. The Kier molecular flexibility index (Phi) is 6.61. The minimum absolute atomic E-state index is 0.0521. The molecule has 1 aliphatic rings. The molecule has 2 N–H and O–H groups in total. The fraction of sp³-hybridized carbons (Fsp3) is 0.300. The summed E-state index contributed by atoms with van der Waals surface area (Å²) >= 11 is 1.00. The summed E-state index contributed by atoms with van der Waals surface area (Å²) in [7, 11) is -0.357. The predicted molar refractivity (Wildman–Crippen MR) is 114 cm³/mol. The van der Waals surface area contributed by atoms with Gasteiger partial charge < -0.3 is 10.2 Å². The van der Waals surface area contributed by atoms with Crippen LogP contribution in [0.4, 0.5) is 10.5 Å². The van der Waals surface area contributed by atoms with Gasteiger partial charge >= 0.3 is 0 Å². The molecule has 7 nitrogen and oxygen atoms in total. The molecule has 154 valence electrons. The first-order valence-electron chi connectivity index (χ1n) is 9.15. The molecule has 3 rings (SSSR count). The monoisotopic (exact) mass is 433 g/mol. The molecule has 0 atom stereocenters. The molecule has 0 spiro atoms. The Bertz CT molecular complexity index is 1020. The Hall–Kier alpha value is -2.36. The van der Waals surface area contributed by atoms with E-state index >= 15 is 0 Å². The van der Waals surface area contributed by atoms with Crippen LogP contribution in [0.25, 0.3) is 0 Å². The van der Waals surface area contributed by atoms with Crippen LogP contribution in [-0.4, -0.2) is 45.1 Å². The van der Waals surface area contributed by atoms with Crippen molar-refractivity contribution in [1.82, 2.24) is 9.62 Å². The zero-order valence-corrected chi connectivity index (χ0v) is 17.8. The van der Waals surface area contributed by atoms with Crippen molar-refractivity contribution in [1.29, 1.82) is 0 Å². The smallest absolute Gasteiger partial charge is 0.286 e. The van der Waals surface area contributed by atoms with Crippen LogP contribution in [0.2, 0.25) is 0 Å². The van der Waals surface area contributed by atoms with Crippen LogP contribution >= 0.6 is 11.8 Å². The summed E-state index contributed by atoms with van der Waals surface area (Å²) in [5.74, 6) is -0.0373. The highest BCUT2D eigenvalue weighted by molar-refractivity contribution is 8.13. The van der Waals surface area contributed by atoms with E-state index in [1.54, 1.807) is 44.4 Å². The SMILES string of the molecule is CN(C)C(=O)Sc1ccccc1NC(=O)c1cccc(S(=O)(=O)NCC2CC2)c1. The number of hydrogen-bond acceptors (Lipinski definition) is 5. The number of thioether (sulfide) groups is 1. The Morgan fingerprint density at radius 2 is 1.83 bits per heavy atom. The zero-order valence-electron chi connectivity index (χ0n) is 16.2. The molecule has 0 radical (unpaired) electrons. The van der Waals surface area contributed by atoms with Crippen molar-refractivity contribution < 1.29 is 18.0 Å². The molecule has 2 amide bonds. The van der Waals surface area contributed by atoms with E-state index in [9.17, 15) is 18.0 Å². The van der Waals surface area contributed by atoms with Gasteiger partial charge in [-0.1, -0.05) is 18.2 Å². The average Bonchev–Trinajstić information content (AvgIpc) is 3.52. The Labute approximate surface area is 174 Å². The van der Waals surface area contributed by atoms with Crippen molar-refractivity contribution in [2.75, 3.05) is 26.0 Å². The lowest BCUT2D eigenvalue weighted by Crippen LogP contribution is -2.26. The topological polar surface area (TPSA) is 95.6 Å². The molecule has 0 unspecified atom stereocenters. The second-order valence-corrected chi connectivity index (χ2v) is 9.80. The molecule has 0 heterocycles. The maximum atomic E-state index is 12.7. The summed E-state index contributed by atoms with van der Waals surface area (Å²) in [5.41, 5.74) is 0.704. The number of nitrogens with zero attached hydrogens (tertiary/aromatic N) is 1. The number of rotatable bonds is 7. The largest absolute Gasteiger partial charge is 0.339 e. The molecule has 1 aliphatic carbocycles. The number of amides is 2. The third-order valence-electron chi connectivity index (χ3n) is 4.36. The number of nitrogens with one attached hydrogen (secondary N) is 2. The quantitative estimate of drug-likeness (QED) is 0.653. The van der Waals surface area contributed by atoms with Gasteiger partial charge in [-0.3, -0.25) is 9.59 Å². The highest BCUT2D eigenvalue weighted by atomic mass is 32.2. The Morgan fingerprint density at radius 3 is 2.52 bits per heavy atom. The van der Waals surface area contributed by atoms with Gasteiger partial charge in [0.05, 0.1) is 10.6 Å². The van der Waals surface area contributed by atoms with Crippen molar-refractivity contribution in [3.8, 4) is 0 Å². The van der Waals surface area contributed by atoms with Gasteiger partial charge in [0.2, 0.25) is 10.0 Å². The summed E-state index contributed by atoms with van der Waals surface area (Å²) in [4.78, 5) is 26.8. The lowest BCUT2D eigenvalue weighted by atomic mass is 10.2. The molecule has 1 saturated carbocycles. The molecule has 0 bridgehead atoms. The highest BCUT2D eigenvalue weighted by Crippen LogP contribution is 2.29. The van der Waals surface area contributed by atoms with Gasteiger partial charge in [0, 0.05) is 31.1 Å². The maximum Gasteiger partial charge on any atom is 0.286 e. The fourth-order valence-electron chi connectivity index (χ4n) is 2.48. The van der Waals surface area contributed by atoms with Crippen LogP contribution in [0.5, 0.6) is 0 Å². The summed E-state index contributed by atoms with van der Waals surface area (Å²) in [6.45, 7) is 0.420. The molecule has 2 aromatic carbocycles. The number of hydrogen-bond donors (Lipinski definition) is 2. The number of carbonyl (C=O) groups excluding carboxylic acids is 2. The molecule has 1 fully saturated rings. The van der Waals surface area contributed by atoms with E-state index < -0.39 is 15.9 Å². The fourth-order valence-corrected chi connectivity index (χ4v) is 4.38. The molecular formula is C20H23N3O4S2. The molecule has 0 aliphatic heterocycles. The lowest BCUT2D eigenvalue weighted by Gasteiger charge is -2.13. The van der Waals surface area contributed by atoms with Gasteiger partial charge in [-0.15, -0.1) is 0 Å². The second-order valence-electron chi connectivity index (χ2n) is 7.04. The van der Waals surface area contributed by atoms with E-state index in [0.29, 0.717) is 23.0 Å². The third kappa shape index (κ3) is 5.81. The van der Waals surface area contributed by atoms with E-state index in [2.05, 4.69) is 10.0 Å². The van der Waals surface area contributed by atoms with Gasteiger partial charge in [0.1, 0.15) is 0 Å². The minimum atomic E-state index is -3.66. The van der Waals surface area contributed by atoms with E-state index in [0.717, 1.165) is 24.6 Å². The first-order chi connectivity index (χ1) is 13.8. The van der Waals surface area contributed by atoms with Gasteiger partial charge in [0.25, 0.3) is 11.1 Å². The first kappa shape index (κ1) is 21.4. The standard InChI is InChI=1S/C20H23N3O4S2/c1-23(2)20(25)28-18-9-4-3-8-17(18)22-19(24)15-6-5-7-16(12-15)29(26,27)21-13-14-10-11-14/h3-9,12,14,21H,10-11,13H2,1-2H3,(H,22,24). The molecule has 0 saturated heterocycles. The molecule has 0 aromatic heterocycles. The second kappa shape index (κ2) is 8.98. The maximum absolute atomic E-state index is 12.7. The predicted octanol–water partition coefficient (Wildman–Crippen LogP) is 3.40. The van der Waals surface area contributed by atoms with Crippen molar-refractivity contribution in [2.24, 2.45) is 5.92 Å². The van der Waals surface area contributed by atoms with E-state index in [4.69, 9.17) is 0 Å². The molecule has 9 heteroatoms.